The SMILES string of the molecule is CCC[NH+](CC(=O)Nc1ccccc1OC)Cn1[nH]c(-c2cccs2)nc1=S. The van der Waals surface area contributed by atoms with Crippen molar-refractivity contribution >= 4 is 35.1 Å². The van der Waals surface area contributed by atoms with Crippen LogP contribution < -0.4 is 15.0 Å². The first-order chi connectivity index (χ1) is 13.6. The number of quaternary nitrogens is 1. The second-order valence-corrected chi connectivity index (χ2v) is 7.66. The molecule has 0 fully saturated rings. The lowest BCUT2D eigenvalue weighted by atomic mass is 10.3. The molecule has 0 spiro atoms. The van der Waals surface area contributed by atoms with E-state index in [0.717, 1.165) is 28.6 Å². The van der Waals surface area contributed by atoms with Gasteiger partial charge in [-0.15, -0.1) is 11.3 Å². The van der Waals surface area contributed by atoms with Crippen LogP contribution in [0.1, 0.15) is 13.3 Å². The quantitative estimate of drug-likeness (QED) is 0.467. The summed E-state index contributed by atoms with van der Waals surface area (Å²) in [6.45, 7) is 3.81. The normalized spacial score (nSPS) is 11.9. The highest BCUT2D eigenvalue weighted by Gasteiger charge is 2.17. The number of benzene rings is 1. The summed E-state index contributed by atoms with van der Waals surface area (Å²) in [5.74, 6) is 1.33. The third-order valence-corrected chi connectivity index (χ3v) is 5.40. The van der Waals surface area contributed by atoms with Crippen LogP contribution in [0.15, 0.2) is 41.8 Å². The smallest absolute Gasteiger partial charge is 0.279 e. The fourth-order valence-corrected chi connectivity index (χ4v) is 3.82. The van der Waals surface area contributed by atoms with E-state index in [1.165, 1.54) is 0 Å². The Morgan fingerprint density at radius 3 is 2.89 bits per heavy atom. The van der Waals surface area contributed by atoms with Gasteiger partial charge in [0.2, 0.25) is 4.77 Å². The Bertz CT molecular complexity index is 965. The van der Waals surface area contributed by atoms with Gasteiger partial charge in [0.25, 0.3) is 5.91 Å². The predicted molar refractivity (Wildman–Crippen MR) is 113 cm³/mol. The summed E-state index contributed by atoms with van der Waals surface area (Å²) in [6, 6.07) is 11.4. The van der Waals surface area contributed by atoms with Crippen LogP contribution in [-0.2, 0) is 11.5 Å². The van der Waals surface area contributed by atoms with Crippen molar-refractivity contribution in [1.82, 2.24) is 14.8 Å². The standard InChI is InChI=1S/C19H23N5O2S2/c1-3-10-23(12-17(25)20-14-7-4-5-8-15(14)26-2)13-24-19(27)21-18(22-24)16-9-6-11-28-16/h4-9,11H,3,10,12-13H2,1-2H3,(H,20,25)(H,21,22,27)/p+1. The van der Waals surface area contributed by atoms with Gasteiger partial charge in [-0.2, -0.15) is 4.98 Å². The molecular weight excluding hydrogens is 394 g/mol. The van der Waals surface area contributed by atoms with Gasteiger partial charge in [0, 0.05) is 0 Å². The average molecular weight is 419 g/mol. The van der Waals surface area contributed by atoms with Crippen molar-refractivity contribution in [3.8, 4) is 16.5 Å². The van der Waals surface area contributed by atoms with Crippen molar-refractivity contribution in [3.63, 3.8) is 0 Å². The molecule has 2 aromatic heterocycles. The first-order valence-electron chi connectivity index (χ1n) is 9.08. The van der Waals surface area contributed by atoms with Crippen LogP contribution in [-0.4, -0.2) is 40.9 Å². The fraction of sp³-hybridized carbons (Fsp3) is 0.316. The second kappa shape index (κ2) is 9.63. The van der Waals surface area contributed by atoms with Crippen LogP contribution >= 0.6 is 23.6 Å². The molecular formula is C19H24N5O2S2+. The molecule has 0 saturated heterocycles. The Kier molecular flexibility index (Phi) is 6.96. The van der Waals surface area contributed by atoms with Gasteiger partial charge < -0.3 is 15.0 Å². The van der Waals surface area contributed by atoms with E-state index in [0.29, 0.717) is 29.4 Å². The van der Waals surface area contributed by atoms with Crippen molar-refractivity contribution in [1.29, 1.82) is 0 Å². The van der Waals surface area contributed by atoms with Gasteiger partial charge in [0.05, 0.1) is 24.2 Å². The lowest BCUT2D eigenvalue weighted by Crippen LogP contribution is -3.12. The van der Waals surface area contributed by atoms with E-state index < -0.39 is 0 Å². The molecule has 9 heteroatoms. The lowest BCUT2D eigenvalue weighted by Gasteiger charge is -2.19. The van der Waals surface area contributed by atoms with Crippen molar-refractivity contribution < 1.29 is 14.4 Å². The Balaban J connectivity index is 1.68. The van der Waals surface area contributed by atoms with Gasteiger partial charge in [-0.3, -0.25) is 9.89 Å². The molecule has 7 nitrogen and oxygen atoms in total. The molecule has 1 aromatic carbocycles. The number of para-hydroxylation sites is 2. The van der Waals surface area contributed by atoms with Crippen molar-refractivity contribution in [2.75, 3.05) is 25.5 Å². The molecule has 0 bridgehead atoms. The first-order valence-corrected chi connectivity index (χ1v) is 10.4. The average Bonchev–Trinajstić information content (AvgIpc) is 3.33. The number of amides is 1. The summed E-state index contributed by atoms with van der Waals surface area (Å²) in [4.78, 5) is 19.2. The molecule has 3 N–H and O–H groups in total. The predicted octanol–water partition coefficient (Wildman–Crippen LogP) is 2.57. The highest BCUT2D eigenvalue weighted by molar-refractivity contribution is 7.71. The van der Waals surface area contributed by atoms with E-state index in [1.807, 2.05) is 46.5 Å². The number of anilines is 1. The molecule has 148 valence electrons. The molecule has 28 heavy (non-hydrogen) atoms. The van der Waals surface area contributed by atoms with E-state index in [2.05, 4.69) is 22.3 Å². The Morgan fingerprint density at radius 2 is 2.18 bits per heavy atom. The number of nitrogens with zero attached hydrogens (tertiary/aromatic N) is 2. The lowest BCUT2D eigenvalue weighted by molar-refractivity contribution is -0.915. The van der Waals surface area contributed by atoms with Crippen LogP contribution in [0.4, 0.5) is 5.69 Å². The molecule has 3 rings (SSSR count). The summed E-state index contributed by atoms with van der Waals surface area (Å²) >= 11 is 7.00. The molecule has 0 aliphatic rings. The minimum absolute atomic E-state index is 0.0718. The zero-order chi connectivity index (χ0) is 19.9. The van der Waals surface area contributed by atoms with E-state index in [4.69, 9.17) is 17.0 Å². The van der Waals surface area contributed by atoms with Gasteiger partial charge in [0.1, 0.15) is 5.75 Å². The van der Waals surface area contributed by atoms with Crippen LogP contribution in [0.2, 0.25) is 0 Å². The number of carbonyl (C=O) groups excluding carboxylic acids is 1. The Labute approximate surface area is 173 Å². The Morgan fingerprint density at radius 1 is 1.36 bits per heavy atom. The minimum atomic E-state index is -0.0718. The zero-order valence-electron chi connectivity index (χ0n) is 15.9. The summed E-state index contributed by atoms with van der Waals surface area (Å²) in [6.07, 6.45) is 0.955. The van der Waals surface area contributed by atoms with Crippen LogP contribution in [0, 0.1) is 4.77 Å². The number of nitrogens with one attached hydrogen (secondary N) is 3. The summed E-state index contributed by atoms with van der Waals surface area (Å²) in [7, 11) is 1.59. The maximum Gasteiger partial charge on any atom is 0.279 e. The number of ether oxygens (including phenoxy) is 1. The fourth-order valence-electron chi connectivity index (χ4n) is 2.96. The highest BCUT2D eigenvalue weighted by Crippen LogP contribution is 2.22. The van der Waals surface area contributed by atoms with Gasteiger partial charge in [-0.05, 0) is 42.2 Å². The molecule has 1 unspecified atom stereocenters. The third-order valence-electron chi connectivity index (χ3n) is 4.21. The third kappa shape index (κ3) is 5.06. The highest BCUT2D eigenvalue weighted by atomic mass is 32.1. The van der Waals surface area contributed by atoms with E-state index in [9.17, 15) is 4.79 Å². The van der Waals surface area contributed by atoms with Gasteiger partial charge in [-0.25, -0.2) is 4.68 Å². The topological polar surface area (TPSA) is 76.4 Å². The van der Waals surface area contributed by atoms with Crippen molar-refractivity contribution in [2.24, 2.45) is 0 Å². The first kappa shape index (κ1) is 20.2. The summed E-state index contributed by atoms with van der Waals surface area (Å²) in [5.41, 5.74) is 0.670. The number of thiophene rings is 1. The molecule has 2 heterocycles. The number of methoxy groups -OCH3 is 1. The second-order valence-electron chi connectivity index (χ2n) is 6.34. The van der Waals surface area contributed by atoms with E-state index >= 15 is 0 Å². The monoisotopic (exact) mass is 418 g/mol. The molecule has 0 radical (unpaired) electrons. The summed E-state index contributed by atoms with van der Waals surface area (Å²) < 4.78 is 7.61. The largest absolute Gasteiger partial charge is 0.495 e. The zero-order valence-corrected chi connectivity index (χ0v) is 17.5. The Hall–Kier alpha value is -2.49. The van der Waals surface area contributed by atoms with Gasteiger partial charge >= 0.3 is 0 Å². The van der Waals surface area contributed by atoms with E-state index in [1.54, 1.807) is 18.4 Å². The maximum atomic E-state index is 12.6. The maximum absolute atomic E-state index is 12.6. The van der Waals surface area contributed by atoms with Gasteiger partial charge in [0.15, 0.2) is 19.0 Å². The van der Waals surface area contributed by atoms with Crippen molar-refractivity contribution in [2.45, 2.75) is 20.0 Å². The van der Waals surface area contributed by atoms with Crippen LogP contribution in [0.25, 0.3) is 10.7 Å². The van der Waals surface area contributed by atoms with Crippen molar-refractivity contribution in [3.05, 3.63) is 46.5 Å². The molecule has 1 atom stereocenters. The molecule has 0 aliphatic heterocycles. The van der Waals surface area contributed by atoms with E-state index in [-0.39, 0.29) is 5.91 Å². The number of aromatic amines is 1. The minimum Gasteiger partial charge on any atom is -0.495 e. The van der Waals surface area contributed by atoms with Crippen LogP contribution in [0.5, 0.6) is 5.75 Å². The summed E-state index contributed by atoms with van der Waals surface area (Å²) in [5, 5.41) is 8.19. The number of aromatic nitrogens is 3. The van der Waals surface area contributed by atoms with Crippen LogP contribution in [0.3, 0.4) is 0 Å². The number of H-pyrrole nitrogens is 1. The molecule has 1 amide bonds. The number of rotatable bonds is 9. The van der Waals surface area contributed by atoms with Gasteiger partial charge in [-0.1, -0.05) is 25.1 Å². The molecule has 3 aromatic rings. The number of hydrogen-bond acceptors (Lipinski definition) is 5. The molecule has 0 saturated carbocycles. The molecule has 0 aliphatic carbocycles. The number of hydrogen-bond donors (Lipinski definition) is 3. The number of carbonyl (C=O) groups is 1.